The maximum Gasteiger partial charge on any atom is 0.407 e. The molecule has 3 rings (SSSR count). The Morgan fingerprint density at radius 3 is 2.71 bits per heavy atom. The van der Waals surface area contributed by atoms with Crippen molar-refractivity contribution in [2.45, 2.75) is 32.9 Å². The van der Waals surface area contributed by atoms with Gasteiger partial charge in [0.05, 0.1) is 11.0 Å². The summed E-state index contributed by atoms with van der Waals surface area (Å²) in [5.41, 5.74) is -0.111. The lowest BCUT2D eigenvalue weighted by Crippen LogP contribution is -2.51. The lowest BCUT2D eigenvalue weighted by Gasteiger charge is -2.39. The van der Waals surface area contributed by atoms with E-state index in [2.05, 4.69) is 15.2 Å². The minimum atomic E-state index is -0.811. The highest BCUT2D eigenvalue weighted by atomic mass is 19.1. The van der Waals surface area contributed by atoms with Gasteiger partial charge in [-0.15, -0.1) is 0 Å². The van der Waals surface area contributed by atoms with E-state index in [1.54, 1.807) is 12.3 Å². The zero-order valence-electron chi connectivity index (χ0n) is 17.6. The molecule has 1 fully saturated rings. The predicted molar refractivity (Wildman–Crippen MR) is 110 cm³/mol. The molecule has 1 aliphatic rings. The fraction of sp³-hybridized carbons (Fsp3) is 0.429. The molecule has 2 heterocycles. The normalized spacial score (nSPS) is 14.6. The Labute approximate surface area is 179 Å². The van der Waals surface area contributed by atoms with Crippen LogP contribution in [0, 0.1) is 21.8 Å². The van der Waals surface area contributed by atoms with Crippen LogP contribution in [0.15, 0.2) is 36.7 Å². The molecule has 1 N–H and O–H groups in total. The van der Waals surface area contributed by atoms with Crippen LogP contribution in [0.1, 0.15) is 26.3 Å². The number of carbonyl (C=O) groups is 1. The first-order valence-electron chi connectivity index (χ1n) is 9.84. The summed E-state index contributed by atoms with van der Waals surface area (Å²) >= 11 is 0. The highest BCUT2D eigenvalue weighted by Crippen LogP contribution is 2.31. The van der Waals surface area contributed by atoms with Crippen molar-refractivity contribution < 1.29 is 23.6 Å². The Morgan fingerprint density at radius 2 is 2.06 bits per heavy atom. The molecule has 166 valence electrons. The van der Waals surface area contributed by atoms with Crippen molar-refractivity contribution in [3.05, 3.63) is 58.2 Å². The number of likely N-dealkylation sites (tertiary alicyclic amines) is 1. The van der Waals surface area contributed by atoms with Crippen molar-refractivity contribution in [2.24, 2.45) is 5.92 Å². The van der Waals surface area contributed by atoms with Crippen LogP contribution in [0.5, 0.6) is 11.5 Å². The maximum atomic E-state index is 14.2. The molecule has 0 saturated carbocycles. The number of pyridine rings is 1. The summed E-state index contributed by atoms with van der Waals surface area (Å²) in [5.74, 6) is -0.172. The number of rotatable bonds is 7. The average molecular weight is 432 g/mol. The average Bonchev–Trinajstić information content (AvgIpc) is 2.64. The van der Waals surface area contributed by atoms with Crippen LogP contribution < -0.4 is 10.1 Å². The van der Waals surface area contributed by atoms with Crippen molar-refractivity contribution in [2.75, 3.05) is 19.6 Å². The summed E-state index contributed by atoms with van der Waals surface area (Å²) in [4.78, 5) is 28.1. The van der Waals surface area contributed by atoms with Crippen molar-refractivity contribution in [1.82, 2.24) is 15.2 Å². The molecule has 0 unspecified atom stereocenters. The number of non-ortho nitro benzene ring substituents is 1. The van der Waals surface area contributed by atoms with Crippen molar-refractivity contribution >= 4 is 11.8 Å². The number of carbonyl (C=O) groups excluding carboxylic acids is 1. The number of hydrogen-bond donors (Lipinski definition) is 1. The van der Waals surface area contributed by atoms with Crippen molar-refractivity contribution in [3.8, 4) is 11.5 Å². The highest BCUT2D eigenvalue weighted by Gasteiger charge is 2.28. The summed E-state index contributed by atoms with van der Waals surface area (Å²) in [6.07, 6.45) is 2.75. The molecule has 1 amide bonds. The molecule has 0 bridgehead atoms. The predicted octanol–water partition coefficient (Wildman–Crippen LogP) is 3.88. The Morgan fingerprint density at radius 1 is 1.32 bits per heavy atom. The van der Waals surface area contributed by atoms with E-state index in [-0.39, 0.29) is 11.4 Å². The van der Waals surface area contributed by atoms with Gasteiger partial charge in [0.25, 0.3) is 5.69 Å². The molecular weight excluding hydrogens is 407 g/mol. The Balaban J connectivity index is 1.53. The summed E-state index contributed by atoms with van der Waals surface area (Å²) < 4.78 is 25.1. The molecule has 10 heteroatoms. The van der Waals surface area contributed by atoms with Gasteiger partial charge in [-0.2, -0.15) is 0 Å². The lowest BCUT2D eigenvalue weighted by atomic mass is 9.99. The summed E-state index contributed by atoms with van der Waals surface area (Å²) in [6, 6.07) is 4.88. The summed E-state index contributed by atoms with van der Waals surface area (Å²) in [6.45, 7) is 8.05. The molecule has 2 aromatic rings. The largest absolute Gasteiger partial charge is 0.454 e. The van der Waals surface area contributed by atoms with E-state index < -0.39 is 22.4 Å². The molecule has 1 aromatic carbocycles. The molecule has 31 heavy (non-hydrogen) atoms. The van der Waals surface area contributed by atoms with Crippen LogP contribution in [0.3, 0.4) is 0 Å². The molecule has 1 aliphatic heterocycles. The molecule has 9 nitrogen and oxygen atoms in total. The van der Waals surface area contributed by atoms with E-state index in [1.165, 1.54) is 18.3 Å². The van der Waals surface area contributed by atoms with Gasteiger partial charge < -0.3 is 14.8 Å². The second-order valence-electron chi connectivity index (χ2n) is 8.40. The smallest absolute Gasteiger partial charge is 0.407 e. The fourth-order valence-corrected chi connectivity index (χ4v) is 3.16. The molecule has 0 radical (unpaired) electrons. The first kappa shape index (κ1) is 22.4. The topological polar surface area (TPSA) is 107 Å². The lowest BCUT2D eigenvalue weighted by molar-refractivity contribution is -0.385. The quantitative estimate of drug-likeness (QED) is 0.523. The number of nitro groups is 1. The molecule has 0 spiro atoms. The van der Waals surface area contributed by atoms with Gasteiger partial charge in [0.2, 0.25) is 0 Å². The first-order chi connectivity index (χ1) is 14.6. The number of nitrogens with one attached hydrogen (secondary N) is 1. The zero-order chi connectivity index (χ0) is 22.6. The van der Waals surface area contributed by atoms with E-state index in [0.29, 0.717) is 24.8 Å². The van der Waals surface area contributed by atoms with Crippen LogP contribution in [0.2, 0.25) is 0 Å². The van der Waals surface area contributed by atoms with Crippen molar-refractivity contribution in [3.63, 3.8) is 0 Å². The van der Waals surface area contributed by atoms with E-state index in [9.17, 15) is 19.3 Å². The third-order valence-corrected chi connectivity index (χ3v) is 4.57. The third-order valence-electron chi connectivity index (χ3n) is 4.57. The Kier molecular flexibility index (Phi) is 6.69. The Hall–Kier alpha value is -3.27. The van der Waals surface area contributed by atoms with Crippen LogP contribution in [-0.4, -0.2) is 46.1 Å². The van der Waals surface area contributed by atoms with Crippen molar-refractivity contribution in [1.29, 1.82) is 0 Å². The van der Waals surface area contributed by atoms with Crippen LogP contribution in [0.4, 0.5) is 14.9 Å². The monoisotopic (exact) mass is 432 g/mol. The molecule has 0 aliphatic carbocycles. The molecule has 0 atom stereocenters. The number of alkyl carbamates (subject to hydrolysis) is 1. The van der Waals surface area contributed by atoms with E-state index in [0.717, 1.165) is 24.7 Å². The van der Waals surface area contributed by atoms with Gasteiger partial charge in [-0.25, -0.2) is 9.18 Å². The Bertz CT molecular complexity index is 957. The minimum Gasteiger partial charge on any atom is -0.454 e. The number of benzene rings is 1. The van der Waals surface area contributed by atoms with Gasteiger partial charge in [-0.3, -0.25) is 20.0 Å². The number of nitrogens with zero attached hydrogens (tertiary/aromatic N) is 3. The van der Waals surface area contributed by atoms with Gasteiger partial charge >= 0.3 is 6.09 Å². The summed E-state index contributed by atoms with van der Waals surface area (Å²) in [7, 11) is 0. The standard InChI is InChI=1S/C21H25FN4O5/c1-21(2,3)31-20(27)24-9-14-11-25(12-14)13-15-10-23-7-6-18(15)30-19-5-4-16(26(28)29)8-17(19)22/h4-8,10,14H,9,11-13H2,1-3H3,(H,24,27). The number of halogens is 1. The number of aromatic nitrogens is 1. The summed E-state index contributed by atoms with van der Waals surface area (Å²) in [5, 5.41) is 13.5. The van der Waals surface area contributed by atoms with Crippen LogP contribution >= 0.6 is 0 Å². The first-order valence-corrected chi connectivity index (χ1v) is 9.84. The number of amides is 1. The van der Waals surface area contributed by atoms with Crippen LogP contribution in [0.25, 0.3) is 0 Å². The van der Waals surface area contributed by atoms with Gasteiger partial charge in [0.15, 0.2) is 11.6 Å². The molecule has 1 aromatic heterocycles. The number of hydrogen-bond acceptors (Lipinski definition) is 7. The molecular formula is C21H25FN4O5. The van der Waals surface area contributed by atoms with E-state index in [4.69, 9.17) is 9.47 Å². The van der Waals surface area contributed by atoms with E-state index in [1.807, 2.05) is 20.8 Å². The minimum absolute atomic E-state index is 0.0962. The third kappa shape index (κ3) is 6.35. The SMILES string of the molecule is CC(C)(C)OC(=O)NCC1CN(Cc2cnccc2Oc2ccc([N+](=O)[O-])cc2F)C1. The second kappa shape index (κ2) is 9.25. The van der Waals surface area contributed by atoms with Gasteiger partial charge in [0.1, 0.15) is 11.4 Å². The second-order valence-corrected chi connectivity index (χ2v) is 8.40. The number of nitro benzene ring substituents is 1. The number of ether oxygens (including phenoxy) is 2. The highest BCUT2D eigenvalue weighted by molar-refractivity contribution is 5.67. The van der Waals surface area contributed by atoms with Gasteiger partial charge in [0, 0.05) is 56.1 Å². The van der Waals surface area contributed by atoms with Gasteiger partial charge in [-0.05, 0) is 32.9 Å². The van der Waals surface area contributed by atoms with E-state index >= 15 is 0 Å². The molecule has 1 saturated heterocycles. The van der Waals surface area contributed by atoms with Crippen LogP contribution in [-0.2, 0) is 11.3 Å². The fourth-order valence-electron chi connectivity index (χ4n) is 3.16. The maximum absolute atomic E-state index is 14.2. The van der Waals surface area contributed by atoms with Gasteiger partial charge in [-0.1, -0.05) is 0 Å². The zero-order valence-corrected chi connectivity index (χ0v) is 17.6.